The topological polar surface area (TPSA) is 53.4 Å². The molecule has 0 saturated carbocycles. The third-order valence-electron chi connectivity index (χ3n) is 5.70. The first-order chi connectivity index (χ1) is 14.1. The molecule has 3 aromatic rings. The van der Waals surface area contributed by atoms with Crippen LogP contribution in [0.15, 0.2) is 48.5 Å². The number of nitrogens with one attached hydrogen (secondary N) is 1. The smallest absolute Gasteiger partial charge is 0.317 e. The van der Waals surface area contributed by atoms with E-state index in [0.29, 0.717) is 6.54 Å². The number of fused-ring (bicyclic) bond motifs is 1. The molecule has 29 heavy (non-hydrogen) atoms. The number of amides is 2. The zero-order chi connectivity index (χ0) is 20.2. The molecule has 1 saturated heterocycles. The fourth-order valence-electron chi connectivity index (χ4n) is 4.04. The Morgan fingerprint density at radius 3 is 2.52 bits per heavy atom. The molecule has 0 unspecified atom stereocenters. The molecule has 0 bridgehead atoms. The van der Waals surface area contributed by atoms with Crippen LogP contribution in [0.4, 0.5) is 4.79 Å². The molecule has 2 aromatic carbocycles. The van der Waals surface area contributed by atoms with Crippen LogP contribution in [0.3, 0.4) is 0 Å². The van der Waals surface area contributed by atoms with Crippen molar-refractivity contribution >= 4 is 16.8 Å². The number of rotatable bonds is 5. The summed E-state index contributed by atoms with van der Waals surface area (Å²) in [5.41, 5.74) is 3.42. The monoisotopic (exact) mass is 391 g/mol. The van der Waals surface area contributed by atoms with E-state index in [1.165, 1.54) is 16.5 Å². The molecule has 6 heteroatoms. The van der Waals surface area contributed by atoms with Crippen molar-refractivity contribution in [2.45, 2.75) is 26.9 Å². The fourth-order valence-corrected chi connectivity index (χ4v) is 4.04. The maximum atomic E-state index is 12.6. The Hall–Kier alpha value is -2.86. The van der Waals surface area contributed by atoms with Crippen molar-refractivity contribution in [1.82, 2.24) is 24.9 Å². The Balaban J connectivity index is 1.25. The van der Waals surface area contributed by atoms with Gasteiger partial charge >= 0.3 is 6.03 Å². The van der Waals surface area contributed by atoms with Crippen LogP contribution in [0, 0.1) is 13.8 Å². The molecule has 0 aliphatic carbocycles. The molecule has 0 radical (unpaired) electrons. The highest BCUT2D eigenvalue weighted by atomic mass is 16.2. The van der Waals surface area contributed by atoms with Gasteiger partial charge in [0.1, 0.15) is 0 Å². The molecule has 1 aliphatic heterocycles. The second-order valence-corrected chi connectivity index (χ2v) is 7.78. The molecule has 1 N–H and O–H groups in total. The van der Waals surface area contributed by atoms with Crippen molar-refractivity contribution < 1.29 is 4.79 Å². The minimum atomic E-state index is 0.0242. The SMILES string of the molecule is Cc1cc(C)n(CCN2CCN(C(=O)NCc3cccc4ccccc34)CC2)n1. The summed E-state index contributed by atoms with van der Waals surface area (Å²) in [7, 11) is 0. The standard InChI is InChI=1S/C23H29N5O/c1-18-16-19(2)28(25-18)15-12-26-10-13-27(14-11-26)23(29)24-17-21-8-5-7-20-6-3-4-9-22(20)21/h3-9,16H,10-15,17H2,1-2H3,(H,24,29). The molecule has 2 amide bonds. The molecule has 1 fully saturated rings. The molecule has 6 nitrogen and oxygen atoms in total. The highest BCUT2D eigenvalue weighted by molar-refractivity contribution is 5.86. The van der Waals surface area contributed by atoms with Crippen LogP contribution in [-0.4, -0.2) is 58.3 Å². The van der Waals surface area contributed by atoms with E-state index in [9.17, 15) is 4.79 Å². The van der Waals surface area contributed by atoms with Gasteiger partial charge < -0.3 is 10.2 Å². The number of urea groups is 1. The summed E-state index contributed by atoms with van der Waals surface area (Å²) in [6.07, 6.45) is 0. The van der Waals surface area contributed by atoms with Crippen molar-refractivity contribution in [3.05, 3.63) is 65.5 Å². The minimum Gasteiger partial charge on any atom is -0.334 e. The van der Waals surface area contributed by atoms with E-state index in [0.717, 1.165) is 50.5 Å². The predicted octanol–water partition coefficient (Wildman–Crippen LogP) is 3.18. The molecule has 0 spiro atoms. The van der Waals surface area contributed by atoms with Gasteiger partial charge in [-0.25, -0.2) is 4.79 Å². The maximum absolute atomic E-state index is 12.6. The van der Waals surface area contributed by atoms with E-state index >= 15 is 0 Å². The number of aryl methyl sites for hydroxylation is 2. The number of hydrogen-bond donors (Lipinski definition) is 1. The lowest BCUT2D eigenvalue weighted by Gasteiger charge is -2.34. The molecular formula is C23H29N5O. The van der Waals surface area contributed by atoms with Crippen molar-refractivity contribution in [3.63, 3.8) is 0 Å². The summed E-state index contributed by atoms with van der Waals surface area (Å²) < 4.78 is 2.07. The Kier molecular flexibility index (Phi) is 5.81. The Morgan fingerprint density at radius 2 is 1.76 bits per heavy atom. The molecule has 0 atom stereocenters. The summed E-state index contributed by atoms with van der Waals surface area (Å²) in [6, 6.07) is 16.7. The van der Waals surface area contributed by atoms with Crippen LogP contribution in [0.25, 0.3) is 10.8 Å². The average molecular weight is 392 g/mol. The van der Waals surface area contributed by atoms with Crippen molar-refractivity contribution in [3.8, 4) is 0 Å². The summed E-state index contributed by atoms with van der Waals surface area (Å²) >= 11 is 0. The van der Waals surface area contributed by atoms with Gasteiger partial charge in [-0.05, 0) is 36.2 Å². The first-order valence-corrected chi connectivity index (χ1v) is 10.3. The summed E-state index contributed by atoms with van der Waals surface area (Å²) in [6.45, 7) is 9.87. The lowest BCUT2D eigenvalue weighted by molar-refractivity contribution is 0.135. The van der Waals surface area contributed by atoms with Crippen LogP contribution in [0.5, 0.6) is 0 Å². The quantitative estimate of drug-likeness (QED) is 0.727. The Morgan fingerprint density at radius 1 is 1.00 bits per heavy atom. The van der Waals surface area contributed by atoms with Crippen molar-refractivity contribution in [1.29, 1.82) is 0 Å². The number of carbonyl (C=O) groups excluding carboxylic acids is 1. The third-order valence-corrected chi connectivity index (χ3v) is 5.70. The number of piperazine rings is 1. The highest BCUT2D eigenvalue weighted by Crippen LogP contribution is 2.18. The summed E-state index contributed by atoms with van der Waals surface area (Å²) in [5, 5.41) is 10.0. The van der Waals surface area contributed by atoms with E-state index in [1.807, 2.05) is 30.0 Å². The molecule has 1 aliphatic rings. The van der Waals surface area contributed by atoms with Gasteiger partial charge in [0.15, 0.2) is 0 Å². The number of aromatic nitrogens is 2. The van der Waals surface area contributed by atoms with Crippen molar-refractivity contribution in [2.24, 2.45) is 0 Å². The van der Waals surface area contributed by atoms with Gasteiger partial charge in [0.2, 0.25) is 0 Å². The van der Waals surface area contributed by atoms with E-state index in [2.05, 4.69) is 57.3 Å². The van der Waals surface area contributed by atoms with Gasteiger partial charge in [0.25, 0.3) is 0 Å². The van der Waals surface area contributed by atoms with E-state index in [-0.39, 0.29) is 6.03 Å². The average Bonchev–Trinajstić information content (AvgIpc) is 3.07. The number of hydrogen-bond acceptors (Lipinski definition) is 3. The van der Waals surface area contributed by atoms with E-state index < -0.39 is 0 Å². The van der Waals surface area contributed by atoms with Crippen LogP contribution in [0.2, 0.25) is 0 Å². The molecular weight excluding hydrogens is 362 g/mol. The molecule has 4 rings (SSSR count). The van der Waals surface area contributed by atoms with E-state index in [4.69, 9.17) is 0 Å². The fraction of sp³-hybridized carbons (Fsp3) is 0.391. The predicted molar refractivity (Wildman–Crippen MR) is 116 cm³/mol. The second kappa shape index (κ2) is 8.66. The highest BCUT2D eigenvalue weighted by Gasteiger charge is 2.21. The first-order valence-electron chi connectivity index (χ1n) is 10.3. The second-order valence-electron chi connectivity index (χ2n) is 7.78. The molecule has 1 aromatic heterocycles. The van der Waals surface area contributed by atoms with E-state index in [1.54, 1.807) is 0 Å². The first kappa shape index (κ1) is 19.5. The maximum Gasteiger partial charge on any atom is 0.317 e. The summed E-state index contributed by atoms with van der Waals surface area (Å²) in [5.74, 6) is 0. The molecule has 2 heterocycles. The van der Waals surface area contributed by atoms with Gasteiger partial charge in [-0.1, -0.05) is 42.5 Å². The minimum absolute atomic E-state index is 0.0242. The lowest BCUT2D eigenvalue weighted by Crippen LogP contribution is -2.52. The lowest BCUT2D eigenvalue weighted by atomic mass is 10.0. The van der Waals surface area contributed by atoms with Gasteiger partial charge in [0.05, 0.1) is 12.2 Å². The number of benzene rings is 2. The van der Waals surface area contributed by atoms with Gasteiger partial charge in [-0.3, -0.25) is 9.58 Å². The number of nitrogens with zero attached hydrogens (tertiary/aromatic N) is 4. The normalized spacial score (nSPS) is 15.0. The Labute approximate surface area is 172 Å². The zero-order valence-electron chi connectivity index (χ0n) is 17.3. The van der Waals surface area contributed by atoms with Crippen LogP contribution >= 0.6 is 0 Å². The third kappa shape index (κ3) is 4.59. The largest absolute Gasteiger partial charge is 0.334 e. The van der Waals surface area contributed by atoms with Crippen LogP contribution in [0.1, 0.15) is 17.0 Å². The summed E-state index contributed by atoms with van der Waals surface area (Å²) in [4.78, 5) is 17.0. The van der Waals surface area contributed by atoms with Crippen LogP contribution < -0.4 is 5.32 Å². The van der Waals surface area contributed by atoms with Crippen LogP contribution in [-0.2, 0) is 13.1 Å². The van der Waals surface area contributed by atoms with Gasteiger partial charge in [-0.15, -0.1) is 0 Å². The van der Waals surface area contributed by atoms with Gasteiger partial charge in [0, 0.05) is 45.0 Å². The Bertz CT molecular complexity index is 983. The molecule has 152 valence electrons. The van der Waals surface area contributed by atoms with Crippen molar-refractivity contribution in [2.75, 3.05) is 32.7 Å². The van der Waals surface area contributed by atoms with Gasteiger partial charge in [-0.2, -0.15) is 5.10 Å². The number of carbonyl (C=O) groups is 1. The zero-order valence-corrected chi connectivity index (χ0v) is 17.3.